The molecule has 2 N–H and O–H groups in total. The lowest BCUT2D eigenvalue weighted by molar-refractivity contribution is -0.122. The van der Waals surface area contributed by atoms with E-state index in [1.165, 1.54) is 0 Å². The van der Waals surface area contributed by atoms with Crippen molar-refractivity contribution in [3.05, 3.63) is 29.8 Å². The number of hydrogen-bond donors (Lipinski definition) is 1. The third kappa shape index (κ3) is 4.19. The largest absolute Gasteiger partial charge is 0.491 e. The minimum atomic E-state index is -0.199. The fourth-order valence-electron chi connectivity index (χ4n) is 2.82. The molecule has 2 rings (SSSR count). The lowest BCUT2D eigenvalue weighted by atomic mass is 9.98. The summed E-state index contributed by atoms with van der Waals surface area (Å²) in [6, 6.07) is 7.99. The Bertz CT molecular complexity index is 478. The first kappa shape index (κ1) is 15.8. The van der Waals surface area contributed by atoms with Crippen molar-refractivity contribution in [2.24, 2.45) is 17.6 Å². The molecule has 0 radical (unpaired) electrons. The van der Waals surface area contributed by atoms with Gasteiger partial charge >= 0.3 is 0 Å². The van der Waals surface area contributed by atoms with Gasteiger partial charge in [0.15, 0.2) is 0 Å². The second-order valence-corrected chi connectivity index (χ2v) is 5.63. The zero-order valence-electron chi connectivity index (χ0n) is 12.7. The predicted molar refractivity (Wildman–Crippen MR) is 80.9 cm³/mol. The van der Waals surface area contributed by atoms with Gasteiger partial charge in [-0.15, -0.1) is 0 Å². The molecule has 21 heavy (non-hydrogen) atoms. The SMILES string of the molecule is COCCOc1ccccc1CN1C[C@@H](C)[C@H](C(N)=O)C1. The summed E-state index contributed by atoms with van der Waals surface area (Å²) in [7, 11) is 1.66. The molecular formula is C16H24N2O3. The van der Waals surface area contributed by atoms with Crippen LogP contribution in [0.15, 0.2) is 24.3 Å². The Labute approximate surface area is 126 Å². The molecule has 5 heteroatoms. The molecule has 5 nitrogen and oxygen atoms in total. The quantitative estimate of drug-likeness (QED) is 0.769. The number of likely N-dealkylation sites (tertiary alicyclic amines) is 1. The van der Waals surface area contributed by atoms with Crippen LogP contribution in [0.1, 0.15) is 12.5 Å². The summed E-state index contributed by atoms with van der Waals surface area (Å²) >= 11 is 0. The van der Waals surface area contributed by atoms with Crippen LogP contribution in [0.2, 0.25) is 0 Å². The van der Waals surface area contributed by atoms with Gasteiger partial charge < -0.3 is 15.2 Å². The predicted octanol–water partition coefficient (Wildman–Crippen LogP) is 1.27. The zero-order chi connectivity index (χ0) is 15.2. The summed E-state index contributed by atoms with van der Waals surface area (Å²) in [5.74, 6) is 0.940. The number of carbonyl (C=O) groups excluding carboxylic acids is 1. The van der Waals surface area contributed by atoms with Crippen LogP contribution in [0.3, 0.4) is 0 Å². The summed E-state index contributed by atoms with van der Waals surface area (Å²) < 4.78 is 10.8. The van der Waals surface area contributed by atoms with Crippen LogP contribution >= 0.6 is 0 Å². The van der Waals surface area contributed by atoms with Crippen LogP contribution < -0.4 is 10.5 Å². The van der Waals surface area contributed by atoms with E-state index in [4.69, 9.17) is 15.2 Å². The Morgan fingerprint density at radius 2 is 2.10 bits per heavy atom. The van der Waals surface area contributed by atoms with E-state index in [2.05, 4.69) is 17.9 Å². The average molecular weight is 292 g/mol. The first-order valence-electron chi connectivity index (χ1n) is 7.33. The second kappa shape index (κ2) is 7.43. The second-order valence-electron chi connectivity index (χ2n) is 5.63. The number of ether oxygens (including phenoxy) is 2. The summed E-state index contributed by atoms with van der Waals surface area (Å²) in [5.41, 5.74) is 6.58. The number of carbonyl (C=O) groups is 1. The highest BCUT2D eigenvalue weighted by Gasteiger charge is 2.33. The van der Waals surface area contributed by atoms with E-state index in [1.807, 2.05) is 18.2 Å². The molecule has 1 fully saturated rings. The molecule has 1 aliphatic heterocycles. The van der Waals surface area contributed by atoms with Crippen LogP contribution in [0, 0.1) is 11.8 Å². The van der Waals surface area contributed by atoms with E-state index in [0.717, 1.165) is 30.9 Å². The fourth-order valence-corrected chi connectivity index (χ4v) is 2.82. The molecule has 1 aromatic carbocycles. The first-order chi connectivity index (χ1) is 10.1. The van der Waals surface area contributed by atoms with Crippen molar-refractivity contribution >= 4 is 5.91 Å². The van der Waals surface area contributed by atoms with Crippen LogP contribution in [0.5, 0.6) is 5.75 Å². The molecule has 0 bridgehead atoms. The number of para-hydroxylation sites is 1. The maximum absolute atomic E-state index is 11.4. The Kier molecular flexibility index (Phi) is 5.59. The minimum Gasteiger partial charge on any atom is -0.491 e. The van der Waals surface area contributed by atoms with Crippen molar-refractivity contribution in [2.75, 3.05) is 33.4 Å². The van der Waals surface area contributed by atoms with Gasteiger partial charge in [0.1, 0.15) is 12.4 Å². The Balaban J connectivity index is 1.98. The number of benzene rings is 1. The minimum absolute atomic E-state index is 0.0495. The number of rotatable bonds is 7. The Morgan fingerprint density at radius 3 is 2.76 bits per heavy atom. The van der Waals surface area contributed by atoms with E-state index < -0.39 is 0 Å². The van der Waals surface area contributed by atoms with Crippen molar-refractivity contribution in [2.45, 2.75) is 13.5 Å². The van der Waals surface area contributed by atoms with Crippen molar-refractivity contribution in [1.29, 1.82) is 0 Å². The van der Waals surface area contributed by atoms with Crippen molar-refractivity contribution in [3.63, 3.8) is 0 Å². The van der Waals surface area contributed by atoms with Gasteiger partial charge in [0.05, 0.1) is 12.5 Å². The molecule has 0 aliphatic carbocycles. The molecule has 0 saturated carbocycles. The average Bonchev–Trinajstić information content (AvgIpc) is 2.82. The van der Waals surface area contributed by atoms with Gasteiger partial charge in [0.2, 0.25) is 5.91 Å². The lowest BCUT2D eigenvalue weighted by Crippen LogP contribution is -2.29. The van der Waals surface area contributed by atoms with Gasteiger partial charge in [-0.25, -0.2) is 0 Å². The van der Waals surface area contributed by atoms with Crippen LogP contribution in [-0.2, 0) is 16.1 Å². The number of primary amides is 1. The smallest absolute Gasteiger partial charge is 0.222 e. The van der Waals surface area contributed by atoms with E-state index >= 15 is 0 Å². The topological polar surface area (TPSA) is 64.8 Å². The Hall–Kier alpha value is -1.59. The monoisotopic (exact) mass is 292 g/mol. The van der Waals surface area contributed by atoms with Gasteiger partial charge in [-0.3, -0.25) is 9.69 Å². The number of nitrogens with zero attached hydrogens (tertiary/aromatic N) is 1. The maximum Gasteiger partial charge on any atom is 0.222 e. The number of hydrogen-bond acceptors (Lipinski definition) is 4. The van der Waals surface area contributed by atoms with Gasteiger partial charge in [-0.05, 0) is 12.0 Å². The van der Waals surface area contributed by atoms with E-state index in [0.29, 0.717) is 19.1 Å². The Morgan fingerprint density at radius 1 is 1.33 bits per heavy atom. The summed E-state index contributed by atoms with van der Waals surface area (Å²) in [6.45, 7) is 5.57. The molecule has 1 aromatic rings. The van der Waals surface area contributed by atoms with E-state index in [1.54, 1.807) is 7.11 Å². The number of nitrogens with two attached hydrogens (primary N) is 1. The van der Waals surface area contributed by atoms with Crippen molar-refractivity contribution in [3.8, 4) is 5.75 Å². The number of methoxy groups -OCH3 is 1. The first-order valence-corrected chi connectivity index (χ1v) is 7.33. The standard InChI is InChI=1S/C16H24N2O3/c1-12-9-18(11-14(12)16(17)19)10-13-5-3-4-6-15(13)21-8-7-20-2/h3-6,12,14H,7-11H2,1-2H3,(H2,17,19)/t12-,14-/m1/s1. The molecule has 0 unspecified atom stereocenters. The maximum atomic E-state index is 11.4. The summed E-state index contributed by atoms with van der Waals surface area (Å²) in [6.07, 6.45) is 0. The van der Waals surface area contributed by atoms with Crippen LogP contribution in [-0.4, -0.2) is 44.2 Å². The lowest BCUT2D eigenvalue weighted by Gasteiger charge is -2.18. The molecule has 1 saturated heterocycles. The van der Waals surface area contributed by atoms with Gasteiger partial charge in [0, 0.05) is 32.3 Å². The summed E-state index contributed by atoms with van der Waals surface area (Å²) in [5, 5.41) is 0. The third-order valence-corrected chi connectivity index (χ3v) is 3.96. The van der Waals surface area contributed by atoms with Crippen LogP contribution in [0.25, 0.3) is 0 Å². The highest BCUT2D eigenvalue weighted by atomic mass is 16.5. The van der Waals surface area contributed by atoms with Crippen molar-refractivity contribution < 1.29 is 14.3 Å². The third-order valence-electron chi connectivity index (χ3n) is 3.96. The highest BCUT2D eigenvalue weighted by Crippen LogP contribution is 2.27. The highest BCUT2D eigenvalue weighted by molar-refractivity contribution is 5.77. The molecule has 2 atom stereocenters. The van der Waals surface area contributed by atoms with Crippen molar-refractivity contribution in [1.82, 2.24) is 4.90 Å². The molecule has 1 heterocycles. The van der Waals surface area contributed by atoms with E-state index in [-0.39, 0.29) is 11.8 Å². The fraction of sp³-hybridized carbons (Fsp3) is 0.562. The molecule has 116 valence electrons. The zero-order valence-corrected chi connectivity index (χ0v) is 12.7. The van der Waals surface area contributed by atoms with Crippen LogP contribution in [0.4, 0.5) is 0 Å². The van der Waals surface area contributed by atoms with Gasteiger partial charge in [-0.2, -0.15) is 0 Å². The van der Waals surface area contributed by atoms with E-state index in [9.17, 15) is 4.79 Å². The number of amides is 1. The molecule has 1 aliphatic rings. The van der Waals surface area contributed by atoms with Gasteiger partial charge in [0.25, 0.3) is 0 Å². The molecule has 0 spiro atoms. The molecular weight excluding hydrogens is 268 g/mol. The molecule has 0 aromatic heterocycles. The normalized spacial score (nSPS) is 22.4. The van der Waals surface area contributed by atoms with Gasteiger partial charge in [-0.1, -0.05) is 25.1 Å². The summed E-state index contributed by atoms with van der Waals surface area (Å²) in [4.78, 5) is 13.7. The molecule has 1 amide bonds.